The summed E-state index contributed by atoms with van der Waals surface area (Å²) in [5, 5.41) is 17.3. The molecule has 0 spiro atoms. The molecule has 0 unspecified atom stereocenters. The Balaban J connectivity index is 0. The molecule has 0 saturated heterocycles. The van der Waals surface area contributed by atoms with Gasteiger partial charge >= 0.3 is 18.2 Å². The van der Waals surface area contributed by atoms with Crippen LogP contribution in [0.2, 0.25) is 0 Å². The van der Waals surface area contributed by atoms with Crippen LogP contribution < -0.4 is 16.0 Å². The Morgan fingerprint density at radius 2 is 1.09 bits per heavy atom. The van der Waals surface area contributed by atoms with Crippen molar-refractivity contribution in [1.82, 2.24) is 16.0 Å². The van der Waals surface area contributed by atoms with Crippen molar-refractivity contribution in [3.8, 4) is 0 Å². The van der Waals surface area contributed by atoms with Gasteiger partial charge in [0.1, 0.15) is 5.60 Å². The van der Waals surface area contributed by atoms with Gasteiger partial charge in [-0.2, -0.15) is 13.2 Å². The van der Waals surface area contributed by atoms with Gasteiger partial charge in [-0.05, 0) is 78.1 Å². The number of alkyl carbamates (subject to hydrolysis) is 1. The van der Waals surface area contributed by atoms with E-state index in [-0.39, 0.29) is 17.5 Å². The molecule has 2 fully saturated rings. The molecule has 0 heterocycles. The lowest BCUT2D eigenvalue weighted by Gasteiger charge is -2.30. The molecule has 4 N–H and O–H groups in total. The zero-order chi connectivity index (χ0) is 36.1. The number of methoxy groups -OCH3 is 2. The standard InChI is InChI=1S/C16H32N2O4.C12H25NO2.C2HF3O2.CH2Cl2/c1-16(2,3)22-15(19)18-14-7-5-13(6-8-14)17-9-10-21-12-11-20-4;1-11-3-5-12(6-4-11)13-7-8-15-10-9-14-2;3-2(4,5)1(6)7;2-1-3/h13-14,17H,5-12H2,1-4H3,(H,18,19);11-13H,3-10H2,1-2H3;(H,6,7);1H2. The van der Waals surface area contributed by atoms with Gasteiger partial charge in [0.2, 0.25) is 0 Å². The van der Waals surface area contributed by atoms with Gasteiger partial charge in [-0.1, -0.05) is 6.92 Å². The molecular formula is C31H60Cl2F3N3O8. The Kier molecular flexibility index (Phi) is 30.4. The van der Waals surface area contributed by atoms with Crippen LogP contribution in [0.1, 0.15) is 79.1 Å². The Morgan fingerprint density at radius 3 is 1.43 bits per heavy atom. The molecule has 0 radical (unpaired) electrons. The SMILES string of the molecule is COCCOCCNC1CCC(C)CC1.COCCOCCNC1CCC(NC(=O)OC(C)(C)C)CC1.ClCCl.O=C(O)C(F)(F)F. The molecule has 2 rings (SSSR count). The van der Waals surface area contributed by atoms with E-state index in [4.69, 9.17) is 56.8 Å². The molecule has 282 valence electrons. The molecule has 0 aromatic carbocycles. The summed E-state index contributed by atoms with van der Waals surface area (Å²) in [5.74, 6) is -1.83. The molecule has 0 bridgehead atoms. The van der Waals surface area contributed by atoms with Crippen LogP contribution >= 0.6 is 23.2 Å². The lowest BCUT2D eigenvalue weighted by molar-refractivity contribution is -0.192. The van der Waals surface area contributed by atoms with Crippen LogP contribution in [0.3, 0.4) is 0 Å². The number of halogens is 5. The minimum absolute atomic E-state index is 0.194. The lowest BCUT2D eigenvalue weighted by atomic mass is 9.87. The van der Waals surface area contributed by atoms with Crippen molar-refractivity contribution in [2.45, 2.75) is 109 Å². The highest BCUT2D eigenvalue weighted by atomic mass is 35.5. The third-order valence-corrected chi connectivity index (χ3v) is 6.93. The molecule has 0 aromatic heterocycles. The Morgan fingerprint density at radius 1 is 0.723 bits per heavy atom. The van der Waals surface area contributed by atoms with Crippen molar-refractivity contribution in [2.24, 2.45) is 5.92 Å². The van der Waals surface area contributed by atoms with E-state index in [1.807, 2.05) is 20.8 Å². The second kappa shape index (κ2) is 29.8. The predicted octanol–water partition coefficient (Wildman–Crippen LogP) is 5.95. The maximum absolute atomic E-state index is 11.7. The van der Waals surface area contributed by atoms with E-state index in [1.165, 1.54) is 25.7 Å². The van der Waals surface area contributed by atoms with Crippen molar-refractivity contribution in [3.63, 3.8) is 0 Å². The third-order valence-electron chi connectivity index (χ3n) is 6.93. The van der Waals surface area contributed by atoms with Crippen LogP contribution in [0.25, 0.3) is 0 Å². The number of carboxylic acid groups (broad SMARTS) is 1. The number of ether oxygens (including phenoxy) is 5. The summed E-state index contributed by atoms with van der Waals surface area (Å²) in [6, 6.07) is 1.47. The molecule has 16 heteroatoms. The van der Waals surface area contributed by atoms with Crippen LogP contribution in [0.5, 0.6) is 0 Å². The third kappa shape index (κ3) is 33.2. The summed E-state index contributed by atoms with van der Waals surface area (Å²) < 4.78 is 57.7. The minimum atomic E-state index is -5.08. The second-order valence-corrected chi connectivity index (χ2v) is 13.0. The topological polar surface area (TPSA) is 137 Å². The zero-order valence-electron chi connectivity index (χ0n) is 29.0. The first-order chi connectivity index (χ1) is 22.1. The number of carboxylic acids is 1. The van der Waals surface area contributed by atoms with Crippen LogP contribution in [-0.4, -0.2) is 119 Å². The van der Waals surface area contributed by atoms with Crippen LogP contribution in [-0.2, 0) is 28.5 Å². The van der Waals surface area contributed by atoms with Gasteiger partial charge in [0.25, 0.3) is 0 Å². The van der Waals surface area contributed by atoms with Gasteiger partial charge in [0.05, 0.1) is 45.0 Å². The van der Waals surface area contributed by atoms with E-state index in [1.54, 1.807) is 14.2 Å². The van der Waals surface area contributed by atoms with Gasteiger partial charge in [-0.15, -0.1) is 23.2 Å². The number of rotatable bonds is 15. The van der Waals surface area contributed by atoms with E-state index in [0.717, 1.165) is 57.3 Å². The number of carbonyl (C=O) groups is 2. The number of nitrogens with one attached hydrogen (secondary N) is 3. The number of carbonyl (C=O) groups excluding carboxylic acids is 1. The van der Waals surface area contributed by atoms with Crippen LogP contribution in [0, 0.1) is 5.92 Å². The van der Waals surface area contributed by atoms with Gasteiger partial charge < -0.3 is 44.7 Å². The average molecular weight is 731 g/mol. The van der Waals surface area contributed by atoms with Crippen LogP contribution in [0.15, 0.2) is 0 Å². The maximum atomic E-state index is 11.7. The first-order valence-electron chi connectivity index (χ1n) is 16.1. The fraction of sp³-hybridized carbons (Fsp3) is 0.935. The van der Waals surface area contributed by atoms with E-state index < -0.39 is 17.7 Å². The molecule has 0 aromatic rings. The van der Waals surface area contributed by atoms with Gasteiger partial charge in [-0.3, -0.25) is 0 Å². The molecule has 1 amide bonds. The van der Waals surface area contributed by atoms with Crippen LogP contribution in [0.4, 0.5) is 18.0 Å². The smallest absolute Gasteiger partial charge is 0.475 e. The molecule has 2 aliphatic rings. The Labute approximate surface area is 289 Å². The quantitative estimate of drug-likeness (QED) is 0.118. The van der Waals surface area contributed by atoms with Crippen molar-refractivity contribution in [3.05, 3.63) is 0 Å². The fourth-order valence-corrected chi connectivity index (χ4v) is 4.54. The number of hydrogen-bond acceptors (Lipinski definition) is 9. The van der Waals surface area contributed by atoms with Gasteiger partial charge in [-0.25, -0.2) is 9.59 Å². The van der Waals surface area contributed by atoms with Gasteiger partial charge in [0, 0.05) is 45.4 Å². The number of hydrogen-bond donors (Lipinski definition) is 4. The van der Waals surface area contributed by atoms with Crippen molar-refractivity contribution in [2.75, 3.05) is 72.3 Å². The van der Waals surface area contributed by atoms with Crippen molar-refractivity contribution in [1.29, 1.82) is 0 Å². The first kappa shape index (κ1) is 48.0. The molecule has 0 aliphatic heterocycles. The summed E-state index contributed by atoms with van der Waals surface area (Å²) in [6.45, 7) is 14.0. The predicted molar refractivity (Wildman–Crippen MR) is 178 cm³/mol. The first-order valence-corrected chi connectivity index (χ1v) is 17.2. The lowest BCUT2D eigenvalue weighted by Crippen LogP contribution is -2.44. The highest BCUT2D eigenvalue weighted by Gasteiger charge is 2.38. The maximum Gasteiger partial charge on any atom is 0.490 e. The van der Waals surface area contributed by atoms with E-state index in [0.29, 0.717) is 39.1 Å². The summed E-state index contributed by atoms with van der Waals surface area (Å²) >= 11 is 9.53. The summed E-state index contributed by atoms with van der Waals surface area (Å²) in [7, 11) is 3.37. The minimum Gasteiger partial charge on any atom is -0.475 e. The summed E-state index contributed by atoms with van der Waals surface area (Å²) in [5.41, 5.74) is -0.439. The highest BCUT2D eigenvalue weighted by molar-refractivity contribution is 6.40. The zero-order valence-corrected chi connectivity index (χ0v) is 30.5. The average Bonchev–Trinajstić information content (AvgIpc) is 2.98. The van der Waals surface area contributed by atoms with E-state index >= 15 is 0 Å². The highest BCUT2D eigenvalue weighted by Crippen LogP contribution is 2.23. The molecule has 2 saturated carbocycles. The monoisotopic (exact) mass is 729 g/mol. The molecule has 47 heavy (non-hydrogen) atoms. The summed E-state index contributed by atoms with van der Waals surface area (Å²) in [4.78, 5) is 20.6. The Hall–Kier alpha value is -1.13. The normalized spacial score (nSPS) is 21.1. The molecule has 11 nitrogen and oxygen atoms in total. The molecule has 2 aliphatic carbocycles. The number of amides is 1. The van der Waals surface area contributed by atoms with Crippen molar-refractivity contribution >= 4 is 35.3 Å². The van der Waals surface area contributed by atoms with E-state index in [2.05, 4.69) is 22.9 Å². The second-order valence-electron chi connectivity index (χ2n) is 12.2. The summed E-state index contributed by atoms with van der Waals surface area (Å²) in [6.07, 6.45) is 4.14. The van der Waals surface area contributed by atoms with Crippen molar-refractivity contribution < 1.29 is 51.6 Å². The van der Waals surface area contributed by atoms with Gasteiger partial charge in [0.15, 0.2) is 0 Å². The molecule has 0 atom stereocenters. The molecular weight excluding hydrogens is 670 g/mol. The Bertz CT molecular complexity index is 753. The van der Waals surface area contributed by atoms with E-state index in [9.17, 15) is 18.0 Å². The fourth-order valence-electron chi connectivity index (χ4n) is 4.54. The largest absolute Gasteiger partial charge is 0.490 e. The number of alkyl halides is 5. The number of aliphatic carboxylic acids is 1.